The summed E-state index contributed by atoms with van der Waals surface area (Å²) in [6.07, 6.45) is 6.00. The standard InChI is InChI=1S/C14H20ClNO/c1-17-14-12(11-4-2-3-5-11)8-10(6-7-16)9-13(14)15/h8-9,11H,2-7,16H2,1H3. The lowest BCUT2D eigenvalue weighted by atomic mass is 9.94. The van der Waals surface area contributed by atoms with Gasteiger partial charge in [-0.25, -0.2) is 0 Å². The number of hydrogen-bond acceptors (Lipinski definition) is 2. The molecule has 1 aromatic rings. The van der Waals surface area contributed by atoms with E-state index < -0.39 is 0 Å². The molecule has 0 heterocycles. The van der Waals surface area contributed by atoms with E-state index in [9.17, 15) is 0 Å². The Morgan fingerprint density at radius 2 is 2.06 bits per heavy atom. The highest BCUT2D eigenvalue weighted by Gasteiger charge is 2.22. The molecule has 0 spiro atoms. The lowest BCUT2D eigenvalue weighted by Gasteiger charge is -2.17. The minimum atomic E-state index is 0.611. The Kier molecular flexibility index (Phi) is 4.30. The first-order chi connectivity index (χ1) is 8.26. The molecule has 2 N–H and O–H groups in total. The molecule has 1 fully saturated rings. The van der Waals surface area contributed by atoms with Crippen LogP contribution in [0.3, 0.4) is 0 Å². The first-order valence-electron chi connectivity index (χ1n) is 6.32. The number of hydrogen-bond donors (Lipinski definition) is 1. The minimum Gasteiger partial charge on any atom is -0.495 e. The van der Waals surface area contributed by atoms with Gasteiger partial charge in [-0.1, -0.05) is 30.5 Å². The van der Waals surface area contributed by atoms with Crippen LogP contribution in [0.5, 0.6) is 5.75 Å². The average Bonchev–Trinajstić information content (AvgIpc) is 2.82. The number of ether oxygens (including phenoxy) is 1. The van der Waals surface area contributed by atoms with Crippen LogP contribution in [-0.2, 0) is 6.42 Å². The summed E-state index contributed by atoms with van der Waals surface area (Å²) < 4.78 is 5.46. The number of rotatable bonds is 4. The second-order valence-corrected chi connectivity index (χ2v) is 5.13. The molecule has 1 aliphatic rings. The first kappa shape index (κ1) is 12.7. The maximum atomic E-state index is 6.28. The summed E-state index contributed by atoms with van der Waals surface area (Å²) in [6, 6.07) is 4.21. The molecule has 0 radical (unpaired) electrons. The average molecular weight is 254 g/mol. The van der Waals surface area contributed by atoms with Crippen molar-refractivity contribution < 1.29 is 4.74 Å². The number of benzene rings is 1. The van der Waals surface area contributed by atoms with Gasteiger partial charge in [-0.2, -0.15) is 0 Å². The quantitative estimate of drug-likeness (QED) is 0.891. The number of nitrogens with two attached hydrogens (primary N) is 1. The van der Waals surface area contributed by atoms with E-state index in [2.05, 4.69) is 6.07 Å². The fourth-order valence-corrected chi connectivity index (χ4v) is 3.07. The van der Waals surface area contributed by atoms with Crippen LogP contribution in [0.15, 0.2) is 12.1 Å². The highest BCUT2D eigenvalue weighted by Crippen LogP contribution is 2.42. The van der Waals surface area contributed by atoms with Gasteiger partial charge in [0.1, 0.15) is 5.75 Å². The second-order valence-electron chi connectivity index (χ2n) is 4.72. The molecule has 2 nitrogen and oxygen atoms in total. The van der Waals surface area contributed by atoms with E-state index in [1.165, 1.54) is 36.8 Å². The Morgan fingerprint density at radius 3 is 2.65 bits per heavy atom. The molecule has 3 heteroatoms. The smallest absolute Gasteiger partial charge is 0.140 e. The first-order valence-corrected chi connectivity index (χ1v) is 6.70. The molecular weight excluding hydrogens is 234 g/mol. The monoisotopic (exact) mass is 253 g/mol. The fraction of sp³-hybridized carbons (Fsp3) is 0.571. The van der Waals surface area contributed by atoms with E-state index in [1.807, 2.05) is 6.07 Å². The zero-order valence-corrected chi connectivity index (χ0v) is 11.1. The van der Waals surface area contributed by atoms with Crippen molar-refractivity contribution in [1.29, 1.82) is 0 Å². The predicted octanol–water partition coefficient (Wildman–Crippen LogP) is 3.51. The number of methoxy groups -OCH3 is 1. The van der Waals surface area contributed by atoms with Crippen molar-refractivity contribution in [2.24, 2.45) is 5.73 Å². The lowest BCUT2D eigenvalue weighted by Crippen LogP contribution is -2.05. The summed E-state index contributed by atoms with van der Waals surface area (Å²) in [5, 5.41) is 0.723. The summed E-state index contributed by atoms with van der Waals surface area (Å²) in [7, 11) is 1.70. The van der Waals surface area contributed by atoms with Crippen LogP contribution < -0.4 is 10.5 Å². The Bertz CT molecular complexity index is 386. The lowest BCUT2D eigenvalue weighted by molar-refractivity contribution is 0.405. The number of halogens is 1. The van der Waals surface area contributed by atoms with E-state index in [0.29, 0.717) is 12.5 Å². The van der Waals surface area contributed by atoms with Gasteiger partial charge in [-0.05, 0) is 48.9 Å². The van der Waals surface area contributed by atoms with Crippen molar-refractivity contribution >= 4 is 11.6 Å². The molecule has 94 valence electrons. The Hall–Kier alpha value is -0.730. The Morgan fingerprint density at radius 1 is 1.35 bits per heavy atom. The molecule has 0 amide bonds. The summed E-state index contributed by atoms with van der Waals surface area (Å²) in [5.41, 5.74) is 8.11. The van der Waals surface area contributed by atoms with Crippen LogP contribution in [-0.4, -0.2) is 13.7 Å². The maximum absolute atomic E-state index is 6.28. The van der Waals surface area contributed by atoms with Gasteiger partial charge < -0.3 is 10.5 Å². The molecular formula is C14H20ClNO. The van der Waals surface area contributed by atoms with Crippen LogP contribution in [0.2, 0.25) is 5.02 Å². The highest BCUT2D eigenvalue weighted by atomic mass is 35.5. The van der Waals surface area contributed by atoms with E-state index in [1.54, 1.807) is 7.11 Å². The van der Waals surface area contributed by atoms with Gasteiger partial charge in [0.05, 0.1) is 12.1 Å². The third kappa shape index (κ3) is 2.75. The molecule has 0 saturated heterocycles. The molecule has 0 aromatic heterocycles. The van der Waals surface area contributed by atoms with E-state index in [0.717, 1.165) is 17.2 Å². The molecule has 17 heavy (non-hydrogen) atoms. The van der Waals surface area contributed by atoms with Gasteiger partial charge in [-0.3, -0.25) is 0 Å². The molecule has 2 rings (SSSR count). The van der Waals surface area contributed by atoms with Gasteiger partial charge in [0.15, 0.2) is 0 Å². The predicted molar refractivity (Wildman–Crippen MR) is 72.0 cm³/mol. The topological polar surface area (TPSA) is 35.2 Å². The zero-order valence-electron chi connectivity index (χ0n) is 10.3. The van der Waals surface area contributed by atoms with Crippen LogP contribution in [0.25, 0.3) is 0 Å². The van der Waals surface area contributed by atoms with Crippen molar-refractivity contribution in [2.45, 2.75) is 38.0 Å². The zero-order chi connectivity index (χ0) is 12.3. The van der Waals surface area contributed by atoms with E-state index in [4.69, 9.17) is 22.1 Å². The van der Waals surface area contributed by atoms with Crippen molar-refractivity contribution in [2.75, 3.05) is 13.7 Å². The van der Waals surface area contributed by atoms with Crippen molar-refractivity contribution in [3.05, 3.63) is 28.3 Å². The van der Waals surface area contributed by atoms with Crippen molar-refractivity contribution in [3.8, 4) is 5.75 Å². The maximum Gasteiger partial charge on any atom is 0.140 e. The Labute approximate surface area is 108 Å². The van der Waals surface area contributed by atoms with Crippen LogP contribution >= 0.6 is 11.6 Å². The summed E-state index contributed by atoms with van der Waals surface area (Å²) >= 11 is 6.28. The molecule has 1 aromatic carbocycles. The summed E-state index contributed by atoms with van der Waals surface area (Å²) in [5.74, 6) is 1.47. The third-order valence-electron chi connectivity index (χ3n) is 3.56. The van der Waals surface area contributed by atoms with Crippen LogP contribution in [0, 0.1) is 0 Å². The molecule has 0 unspecified atom stereocenters. The van der Waals surface area contributed by atoms with Crippen LogP contribution in [0.1, 0.15) is 42.7 Å². The van der Waals surface area contributed by atoms with E-state index in [-0.39, 0.29) is 0 Å². The molecule has 0 bridgehead atoms. The van der Waals surface area contributed by atoms with Gasteiger partial charge in [0, 0.05) is 0 Å². The van der Waals surface area contributed by atoms with Gasteiger partial charge >= 0.3 is 0 Å². The fourth-order valence-electron chi connectivity index (χ4n) is 2.74. The minimum absolute atomic E-state index is 0.611. The van der Waals surface area contributed by atoms with Gasteiger partial charge in [0.2, 0.25) is 0 Å². The van der Waals surface area contributed by atoms with Crippen molar-refractivity contribution in [1.82, 2.24) is 0 Å². The largest absolute Gasteiger partial charge is 0.495 e. The van der Waals surface area contributed by atoms with Gasteiger partial charge in [-0.15, -0.1) is 0 Å². The SMILES string of the molecule is COc1c(Cl)cc(CCN)cc1C1CCCC1. The Balaban J connectivity index is 2.37. The molecule has 0 atom stereocenters. The van der Waals surface area contributed by atoms with Gasteiger partial charge in [0.25, 0.3) is 0 Å². The molecule has 1 aliphatic carbocycles. The summed E-state index contributed by atoms with van der Waals surface area (Å²) in [4.78, 5) is 0. The van der Waals surface area contributed by atoms with Crippen molar-refractivity contribution in [3.63, 3.8) is 0 Å². The normalized spacial score (nSPS) is 16.4. The van der Waals surface area contributed by atoms with E-state index >= 15 is 0 Å². The molecule has 1 saturated carbocycles. The van der Waals surface area contributed by atoms with Crippen LogP contribution in [0.4, 0.5) is 0 Å². The second kappa shape index (κ2) is 5.74. The third-order valence-corrected chi connectivity index (χ3v) is 3.85. The highest BCUT2D eigenvalue weighted by molar-refractivity contribution is 6.32. The molecule has 0 aliphatic heterocycles. The summed E-state index contributed by atoms with van der Waals surface area (Å²) in [6.45, 7) is 0.659.